The summed E-state index contributed by atoms with van der Waals surface area (Å²) in [5.41, 5.74) is 3.16. The minimum absolute atomic E-state index is 0. The second-order valence-corrected chi connectivity index (χ2v) is 5.62. The van der Waals surface area contributed by atoms with E-state index in [2.05, 4.69) is 49.3 Å². The van der Waals surface area contributed by atoms with E-state index in [9.17, 15) is 0 Å². The fraction of sp³-hybridized carbons (Fsp3) is 0.444. The van der Waals surface area contributed by atoms with Crippen molar-refractivity contribution < 1.29 is 35.6 Å². The Kier molecular flexibility index (Phi) is 9.95. The van der Waals surface area contributed by atoms with Gasteiger partial charge in [-0.2, -0.15) is 0 Å². The Morgan fingerprint density at radius 3 is 1.57 bits per heavy atom. The van der Waals surface area contributed by atoms with Crippen LogP contribution < -0.4 is 9.41 Å². The molecule has 0 heterocycles. The van der Waals surface area contributed by atoms with E-state index in [1.54, 1.807) is 11.1 Å². The van der Waals surface area contributed by atoms with E-state index >= 15 is 0 Å². The first-order valence-corrected chi connectivity index (χ1v) is 7.33. The van der Waals surface area contributed by atoms with Gasteiger partial charge in [-0.25, -0.2) is 36.1 Å². The zero-order valence-electron chi connectivity index (χ0n) is 12.3. The molecule has 0 amide bonds. The van der Waals surface area contributed by atoms with E-state index in [-0.39, 0.29) is 35.6 Å². The largest absolute Gasteiger partial charge is 4.00 e. The van der Waals surface area contributed by atoms with E-state index in [1.807, 2.05) is 0 Å². The van der Waals surface area contributed by atoms with Gasteiger partial charge in [0.2, 0.25) is 0 Å². The molecule has 4 rings (SSSR count). The summed E-state index contributed by atoms with van der Waals surface area (Å²) >= 11 is 0. The van der Waals surface area contributed by atoms with Crippen molar-refractivity contribution in [2.45, 2.75) is 38.5 Å². The molecule has 4 aliphatic carbocycles. The number of halogens is 2. The molecular formula is C18H22F2Zr. The molecule has 0 aromatic heterocycles. The van der Waals surface area contributed by atoms with Gasteiger partial charge in [0.05, 0.1) is 0 Å². The average Bonchev–Trinajstić information content (AvgIpc) is 3.08. The molecule has 0 aromatic carbocycles. The van der Waals surface area contributed by atoms with E-state index in [1.165, 1.54) is 38.5 Å². The monoisotopic (exact) mass is 366 g/mol. The molecule has 2 unspecified atom stereocenters. The van der Waals surface area contributed by atoms with Crippen LogP contribution in [0.4, 0.5) is 0 Å². The van der Waals surface area contributed by atoms with Crippen LogP contribution in [0, 0.1) is 24.7 Å². The summed E-state index contributed by atoms with van der Waals surface area (Å²) in [6.07, 6.45) is 26.1. The number of allylic oxidation sites excluding steroid dienone is 8. The van der Waals surface area contributed by atoms with Crippen molar-refractivity contribution in [3.05, 3.63) is 60.4 Å². The molecule has 0 N–H and O–H groups in total. The molecule has 2 atom stereocenters. The van der Waals surface area contributed by atoms with Gasteiger partial charge in [-0.05, 0) is 24.7 Å². The molecule has 0 spiro atoms. The van der Waals surface area contributed by atoms with Crippen molar-refractivity contribution in [3.63, 3.8) is 0 Å². The van der Waals surface area contributed by atoms with Gasteiger partial charge >= 0.3 is 26.2 Å². The molecule has 0 aromatic rings. The number of rotatable bonds is 0. The Hall–Kier alpha value is -0.557. The van der Waals surface area contributed by atoms with Gasteiger partial charge in [0, 0.05) is 0 Å². The Balaban J connectivity index is 0.000000333. The first kappa shape index (κ1) is 20.4. The first-order chi connectivity index (χ1) is 8.93. The third kappa shape index (κ3) is 5.29. The maximum absolute atomic E-state index is 2.37. The van der Waals surface area contributed by atoms with Crippen molar-refractivity contribution in [1.29, 1.82) is 0 Å². The molecule has 0 nitrogen and oxygen atoms in total. The van der Waals surface area contributed by atoms with Crippen LogP contribution in [0.5, 0.6) is 0 Å². The first-order valence-electron chi connectivity index (χ1n) is 7.33. The van der Waals surface area contributed by atoms with Crippen molar-refractivity contribution >= 4 is 0 Å². The second kappa shape index (κ2) is 10.2. The fourth-order valence-corrected chi connectivity index (χ4v) is 3.33. The molecule has 0 radical (unpaired) electrons. The zero-order chi connectivity index (χ0) is 12.2. The molecule has 2 fully saturated rings. The Morgan fingerprint density at radius 2 is 1.19 bits per heavy atom. The third-order valence-corrected chi connectivity index (χ3v) is 4.42. The van der Waals surface area contributed by atoms with Crippen LogP contribution in [0.2, 0.25) is 0 Å². The molecule has 112 valence electrons. The van der Waals surface area contributed by atoms with Crippen molar-refractivity contribution in [1.82, 2.24) is 0 Å². The van der Waals surface area contributed by atoms with Crippen molar-refractivity contribution in [2.24, 2.45) is 11.8 Å². The van der Waals surface area contributed by atoms with Crippen LogP contribution in [0.3, 0.4) is 0 Å². The number of hydrogen-bond donors (Lipinski definition) is 0. The number of fused-ring (bicyclic) bond motifs is 2. The van der Waals surface area contributed by atoms with E-state index in [4.69, 9.17) is 0 Å². The van der Waals surface area contributed by atoms with Crippen LogP contribution in [-0.4, -0.2) is 0 Å². The summed E-state index contributed by atoms with van der Waals surface area (Å²) in [7, 11) is 0. The fourth-order valence-electron chi connectivity index (χ4n) is 3.33. The van der Waals surface area contributed by atoms with Crippen LogP contribution in [0.15, 0.2) is 47.6 Å². The standard InChI is InChI=1S/2C9H11.2FH.Zr/c2*1-2-5-9-7-3-6-8(9)4-1;;;/h2*1-2,4,6,9H,3,5,7H2;2*1H;/q2*-1;;;+4/p-2. The number of hydrogen-bond acceptors (Lipinski definition) is 0. The van der Waals surface area contributed by atoms with Gasteiger partial charge in [0.15, 0.2) is 0 Å². The average molecular weight is 368 g/mol. The van der Waals surface area contributed by atoms with E-state index in [0.717, 1.165) is 11.8 Å². The van der Waals surface area contributed by atoms with Gasteiger partial charge in [0.1, 0.15) is 0 Å². The summed E-state index contributed by atoms with van der Waals surface area (Å²) in [6.45, 7) is 0. The van der Waals surface area contributed by atoms with Gasteiger partial charge < -0.3 is 9.41 Å². The molecule has 0 saturated heterocycles. The quantitative estimate of drug-likeness (QED) is 0.481. The summed E-state index contributed by atoms with van der Waals surface area (Å²) < 4.78 is 0. The maximum Gasteiger partial charge on any atom is 4.00 e. The summed E-state index contributed by atoms with van der Waals surface area (Å²) in [5.74, 6) is 1.77. The Labute approximate surface area is 146 Å². The molecule has 4 aliphatic rings. The maximum atomic E-state index is 2.37. The molecular weight excluding hydrogens is 345 g/mol. The SMILES string of the molecule is C1=CCC2CC[CH-]C2=C1.C1=CCC2CC[CH-]C2=C1.[F-].[F-].[Zr+4]. The topological polar surface area (TPSA) is 0 Å². The summed E-state index contributed by atoms with van der Waals surface area (Å²) in [4.78, 5) is 0. The van der Waals surface area contributed by atoms with E-state index in [0.29, 0.717) is 0 Å². The van der Waals surface area contributed by atoms with Crippen LogP contribution >= 0.6 is 0 Å². The Morgan fingerprint density at radius 1 is 0.762 bits per heavy atom. The Bertz CT molecular complexity index is 381. The third-order valence-electron chi connectivity index (χ3n) is 4.42. The van der Waals surface area contributed by atoms with Crippen molar-refractivity contribution in [3.8, 4) is 0 Å². The normalized spacial score (nSPS) is 26.7. The summed E-state index contributed by atoms with van der Waals surface area (Å²) in [6, 6.07) is 0. The predicted molar refractivity (Wildman–Crippen MR) is 77.7 cm³/mol. The molecule has 3 heteroatoms. The molecule has 2 saturated carbocycles. The minimum Gasteiger partial charge on any atom is -1.00 e. The smallest absolute Gasteiger partial charge is 1.00 e. The van der Waals surface area contributed by atoms with Crippen LogP contribution in [0.1, 0.15) is 38.5 Å². The summed E-state index contributed by atoms with van der Waals surface area (Å²) in [5, 5.41) is 0. The minimum atomic E-state index is 0. The predicted octanol–water partition coefficient (Wildman–Crippen LogP) is -1.02. The molecule has 0 bridgehead atoms. The zero-order valence-corrected chi connectivity index (χ0v) is 14.7. The van der Waals surface area contributed by atoms with Gasteiger partial charge in [-0.1, -0.05) is 12.8 Å². The van der Waals surface area contributed by atoms with Crippen molar-refractivity contribution in [2.75, 3.05) is 0 Å². The van der Waals surface area contributed by atoms with Gasteiger partial charge in [-0.3, -0.25) is 0 Å². The van der Waals surface area contributed by atoms with E-state index < -0.39 is 0 Å². The van der Waals surface area contributed by atoms with Gasteiger partial charge in [0.25, 0.3) is 0 Å². The van der Waals surface area contributed by atoms with Crippen LogP contribution in [-0.2, 0) is 26.2 Å². The second-order valence-electron chi connectivity index (χ2n) is 5.62. The van der Waals surface area contributed by atoms with Crippen LogP contribution in [0.25, 0.3) is 0 Å². The molecule has 0 aliphatic heterocycles. The molecule has 21 heavy (non-hydrogen) atoms. The van der Waals surface area contributed by atoms with Gasteiger partial charge in [-0.15, -0.1) is 37.1 Å².